The van der Waals surface area contributed by atoms with E-state index in [4.69, 9.17) is 5.26 Å². The lowest BCUT2D eigenvalue weighted by atomic mass is 10.2. The number of hydrogen-bond acceptors (Lipinski definition) is 3. The lowest BCUT2D eigenvalue weighted by molar-refractivity contribution is 1.53. The monoisotopic (exact) mass is 186 g/mol. The molecule has 0 N–H and O–H groups in total. The zero-order valence-corrected chi connectivity index (χ0v) is 7.58. The molecule has 13 heavy (non-hydrogen) atoms. The topological polar surface area (TPSA) is 36.1 Å². The summed E-state index contributed by atoms with van der Waals surface area (Å²) >= 11 is 4.46. The molecule has 0 aliphatic heterocycles. The van der Waals surface area contributed by atoms with Crippen LogP contribution in [-0.4, -0.2) is 5.16 Å². The van der Waals surface area contributed by atoms with Crippen LogP contribution in [0.15, 0.2) is 35.3 Å². The number of aliphatic imine (C=N–C) groups is 1. The van der Waals surface area contributed by atoms with Crippen molar-refractivity contribution in [3.63, 3.8) is 0 Å². The highest BCUT2D eigenvalue weighted by Gasteiger charge is 1.87. The average Bonchev–Trinajstić information content (AvgIpc) is 2.17. The molecule has 3 heteroatoms. The molecular formula is C10H6N2S. The lowest BCUT2D eigenvalue weighted by Gasteiger charge is -1.92. The summed E-state index contributed by atoms with van der Waals surface area (Å²) in [4.78, 5) is 3.80. The first kappa shape index (κ1) is 9.34. The smallest absolute Gasteiger partial charge is 0.0912 e. The van der Waals surface area contributed by atoms with Crippen LogP contribution >= 0.6 is 12.2 Å². The summed E-state index contributed by atoms with van der Waals surface area (Å²) in [6.45, 7) is 0. The number of nitrogens with zero attached hydrogens (tertiary/aromatic N) is 2. The van der Waals surface area contributed by atoms with Gasteiger partial charge in [-0.25, -0.2) is 0 Å². The van der Waals surface area contributed by atoms with Crippen LogP contribution in [0.2, 0.25) is 0 Å². The number of hydrogen-bond donors (Lipinski definition) is 0. The van der Waals surface area contributed by atoms with E-state index in [1.165, 1.54) is 6.08 Å². The van der Waals surface area contributed by atoms with Crippen LogP contribution in [0.25, 0.3) is 6.08 Å². The number of benzene rings is 1. The summed E-state index contributed by atoms with van der Waals surface area (Å²) in [5.74, 6) is 0. The van der Waals surface area contributed by atoms with Crippen LogP contribution in [0.3, 0.4) is 0 Å². The molecule has 1 aromatic carbocycles. The maximum atomic E-state index is 8.29. The largest absolute Gasteiger partial charge is 0.195 e. The van der Waals surface area contributed by atoms with Crippen LogP contribution in [0.4, 0.5) is 5.69 Å². The minimum Gasteiger partial charge on any atom is -0.195 e. The molecule has 0 saturated carbocycles. The summed E-state index contributed by atoms with van der Waals surface area (Å²) in [6, 6.07) is 9.28. The molecule has 0 spiro atoms. The van der Waals surface area contributed by atoms with Crippen LogP contribution in [0.5, 0.6) is 0 Å². The number of isothiocyanates is 1. The summed E-state index contributed by atoms with van der Waals surface area (Å²) in [7, 11) is 0. The van der Waals surface area contributed by atoms with E-state index >= 15 is 0 Å². The molecule has 0 amide bonds. The van der Waals surface area contributed by atoms with E-state index in [0.717, 1.165) is 11.3 Å². The third-order valence-electron chi connectivity index (χ3n) is 1.42. The van der Waals surface area contributed by atoms with Crippen molar-refractivity contribution in [2.24, 2.45) is 4.99 Å². The second-order valence-corrected chi connectivity index (χ2v) is 2.44. The molecule has 0 saturated heterocycles. The number of nitriles is 1. The van der Waals surface area contributed by atoms with Gasteiger partial charge in [0.25, 0.3) is 0 Å². The number of allylic oxidation sites excluding steroid dienone is 1. The molecule has 0 aliphatic carbocycles. The molecular weight excluding hydrogens is 180 g/mol. The molecule has 0 unspecified atom stereocenters. The second kappa shape index (κ2) is 5.00. The predicted molar refractivity (Wildman–Crippen MR) is 55.8 cm³/mol. The van der Waals surface area contributed by atoms with Gasteiger partial charge in [-0.3, -0.25) is 0 Å². The van der Waals surface area contributed by atoms with Crippen molar-refractivity contribution < 1.29 is 0 Å². The molecule has 0 aliphatic rings. The Kier molecular flexibility index (Phi) is 3.59. The maximum absolute atomic E-state index is 8.29. The Hall–Kier alpha value is -1.75. The summed E-state index contributed by atoms with van der Waals surface area (Å²) < 4.78 is 0. The molecule has 1 aromatic rings. The van der Waals surface area contributed by atoms with Gasteiger partial charge in [-0.1, -0.05) is 12.1 Å². The van der Waals surface area contributed by atoms with Gasteiger partial charge in [0, 0.05) is 6.08 Å². The average molecular weight is 186 g/mol. The minimum atomic E-state index is 0.768. The summed E-state index contributed by atoms with van der Waals surface area (Å²) in [5.41, 5.74) is 1.73. The molecule has 0 fully saturated rings. The fourth-order valence-electron chi connectivity index (χ4n) is 0.846. The van der Waals surface area contributed by atoms with Crippen LogP contribution in [0.1, 0.15) is 5.56 Å². The summed E-state index contributed by atoms with van der Waals surface area (Å²) in [5, 5.41) is 10.6. The van der Waals surface area contributed by atoms with Crippen LogP contribution in [-0.2, 0) is 0 Å². The van der Waals surface area contributed by atoms with E-state index in [9.17, 15) is 0 Å². The highest BCUT2D eigenvalue weighted by atomic mass is 32.1. The summed E-state index contributed by atoms with van der Waals surface area (Å²) in [6.07, 6.45) is 3.16. The van der Waals surface area contributed by atoms with Gasteiger partial charge in [-0.2, -0.15) is 10.3 Å². The number of rotatable bonds is 2. The highest BCUT2D eigenvalue weighted by molar-refractivity contribution is 7.78. The van der Waals surface area contributed by atoms with Crippen molar-refractivity contribution in [1.29, 1.82) is 5.26 Å². The van der Waals surface area contributed by atoms with E-state index in [1.54, 1.807) is 6.08 Å². The first-order valence-electron chi connectivity index (χ1n) is 3.61. The Labute approximate surface area is 81.8 Å². The maximum Gasteiger partial charge on any atom is 0.0912 e. The Bertz CT molecular complexity index is 392. The Morgan fingerprint density at radius 1 is 1.31 bits per heavy atom. The van der Waals surface area contributed by atoms with Crippen LogP contribution < -0.4 is 0 Å². The molecule has 62 valence electrons. The Morgan fingerprint density at radius 2 is 2.00 bits per heavy atom. The van der Waals surface area contributed by atoms with Crippen molar-refractivity contribution in [3.05, 3.63) is 35.9 Å². The fraction of sp³-hybridized carbons (Fsp3) is 0. The third-order valence-corrected chi connectivity index (χ3v) is 1.51. The SMILES string of the molecule is N#CC=Cc1ccc(N=C=S)cc1. The Balaban J connectivity index is 2.88. The van der Waals surface area contributed by atoms with Crippen LogP contribution in [0, 0.1) is 11.3 Å². The molecule has 0 aromatic heterocycles. The normalized spacial score (nSPS) is 9.15. The predicted octanol–water partition coefficient (Wildman–Crippen LogP) is 2.96. The first-order chi connectivity index (χ1) is 6.36. The van der Waals surface area contributed by atoms with Gasteiger partial charge in [0.15, 0.2) is 0 Å². The van der Waals surface area contributed by atoms with Crippen molar-refractivity contribution in [1.82, 2.24) is 0 Å². The zero-order chi connectivity index (χ0) is 9.52. The van der Waals surface area contributed by atoms with Crippen molar-refractivity contribution in [2.75, 3.05) is 0 Å². The van der Waals surface area contributed by atoms with Gasteiger partial charge >= 0.3 is 0 Å². The molecule has 0 bridgehead atoms. The zero-order valence-electron chi connectivity index (χ0n) is 6.77. The molecule has 1 rings (SSSR count). The van der Waals surface area contributed by atoms with Gasteiger partial charge in [0.2, 0.25) is 0 Å². The second-order valence-electron chi connectivity index (χ2n) is 2.26. The van der Waals surface area contributed by atoms with E-state index in [-0.39, 0.29) is 0 Å². The standard InChI is InChI=1S/C10H6N2S/c11-7-1-2-9-3-5-10(6-4-9)12-8-13/h1-6H. The molecule has 2 nitrogen and oxygen atoms in total. The minimum absolute atomic E-state index is 0.768. The fourth-order valence-corrected chi connectivity index (χ4v) is 0.952. The van der Waals surface area contributed by atoms with E-state index < -0.39 is 0 Å². The van der Waals surface area contributed by atoms with Gasteiger partial charge < -0.3 is 0 Å². The molecule has 0 heterocycles. The van der Waals surface area contributed by atoms with Gasteiger partial charge in [-0.15, -0.1) is 0 Å². The van der Waals surface area contributed by atoms with Crippen molar-refractivity contribution in [3.8, 4) is 6.07 Å². The third kappa shape index (κ3) is 3.00. The van der Waals surface area contributed by atoms with Gasteiger partial charge in [-0.05, 0) is 36.0 Å². The van der Waals surface area contributed by atoms with E-state index in [2.05, 4.69) is 22.4 Å². The molecule has 0 atom stereocenters. The molecule has 0 radical (unpaired) electrons. The van der Waals surface area contributed by atoms with Crippen molar-refractivity contribution >= 4 is 29.1 Å². The number of thiocarbonyl (C=S) groups is 1. The quantitative estimate of drug-likeness (QED) is 0.404. The highest BCUT2D eigenvalue weighted by Crippen LogP contribution is 2.12. The van der Waals surface area contributed by atoms with Gasteiger partial charge in [0.05, 0.1) is 16.9 Å². The lowest BCUT2D eigenvalue weighted by Crippen LogP contribution is -1.69. The Morgan fingerprint density at radius 3 is 2.54 bits per heavy atom. The first-order valence-corrected chi connectivity index (χ1v) is 4.02. The van der Waals surface area contributed by atoms with Crippen molar-refractivity contribution in [2.45, 2.75) is 0 Å². The van der Waals surface area contributed by atoms with Gasteiger partial charge in [0.1, 0.15) is 0 Å². The van der Waals surface area contributed by atoms with E-state index in [0.29, 0.717) is 0 Å². The van der Waals surface area contributed by atoms with E-state index in [1.807, 2.05) is 30.3 Å².